The Morgan fingerprint density at radius 1 is 1.12 bits per heavy atom. The molecule has 0 aliphatic heterocycles. The van der Waals surface area contributed by atoms with Crippen LogP contribution in [0, 0.1) is 6.92 Å². The van der Waals surface area contributed by atoms with Crippen molar-refractivity contribution in [2.45, 2.75) is 55.1 Å². The average molecular weight is 264 g/mol. The summed E-state index contributed by atoms with van der Waals surface area (Å²) in [6.45, 7) is 13.5. The van der Waals surface area contributed by atoms with Gasteiger partial charge in [0.15, 0.2) is 10.9 Å². The molecular formula is C13H26ClNO2. The molecule has 17 heavy (non-hydrogen) atoms. The minimum Gasteiger partial charge on any atom is -0.505 e. The van der Waals surface area contributed by atoms with Crippen LogP contribution in [0.2, 0.25) is 5.15 Å². The fourth-order valence-corrected chi connectivity index (χ4v) is 1.03. The van der Waals surface area contributed by atoms with E-state index in [9.17, 15) is 0 Å². The second kappa shape index (κ2) is 15.2. The number of halogens is 1. The van der Waals surface area contributed by atoms with Crippen LogP contribution < -0.4 is 0 Å². The molecule has 1 rings (SSSR count). The first-order chi connectivity index (χ1) is 8.15. The Kier molecular flexibility index (Phi) is 19.2. The molecule has 2 N–H and O–H groups in total. The Morgan fingerprint density at radius 2 is 1.53 bits per heavy atom. The summed E-state index contributed by atoms with van der Waals surface area (Å²) in [5, 5.41) is 17.9. The number of pyridine rings is 1. The van der Waals surface area contributed by atoms with E-state index in [1.54, 1.807) is 13.0 Å². The van der Waals surface area contributed by atoms with Gasteiger partial charge in [0, 0.05) is 0 Å². The van der Waals surface area contributed by atoms with Crippen LogP contribution in [0.15, 0.2) is 6.07 Å². The van der Waals surface area contributed by atoms with Crippen LogP contribution in [0.1, 0.15) is 52.8 Å². The lowest BCUT2D eigenvalue weighted by molar-refractivity contribution is 0.276. The van der Waals surface area contributed by atoms with Crippen LogP contribution in [0.25, 0.3) is 0 Å². The lowest BCUT2D eigenvalue weighted by Gasteiger charge is -2.02. The summed E-state index contributed by atoms with van der Waals surface area (Å²) in [5.74, 6) is -0.0242. The minimum absolute atomic E-state index is 0.0242. The summed E-state index contributed by atoms with van der Waals surface area (Å²) in [5.41, 5.74) is 1.08. The lowest BCUT2D eigenvalue weighted by Crippen LogP contribution is -1.91. The van der Waals surface area contributed by atoms with Crippen molar-refractivity contribution in [3.8, 4) is 5.75 Å². The number of aliphatic hydroxyl groups is 1. The summed E-state index contributed by atoms with van der Waals surface area (Å²) < 4.78 is 0. The topological polar surface area (TPSA) is 53.4 Å². The van der Waals surface area contributed by atoms with Gasteiger partial charge in [-0.25, -0.2) is 4.98 Å². The van der Waals surface area contributed by atoms with E-state index in [0.29, 0.717) is 11.3 Å². The minimum atomic E-state index is -0.166. The molecule has 0 amide bonds. The molecule has 1 aromatic rings. The summed E-state index contributed by atoms with van der Waals surface area (Å²) in [4.78, 5) is 3.72. The maximum atomic E-state index is 9.15. The zero-order valence-electron chi connectivity index (χ0n) is 12.0. The van der Waals surface area contributed by atoms with Crippen LogP contribution in [0.3, 0.4) is 0 Å². The number of hydrogen-bond acceptors (Lipinski definition) is 3. The van der Waals surface area contributed by atoms with Crippen molar-refractivity contribution >= 4 is 11.6 Å². The van der Waals surface area contributed by atoms with Crippen molar-refractivity contribution in [2.24, 2.45) is 0 Å². The molecule has 0 atom stereocenters. The first-order valence-electron chi connectivity index (χ1n) is 6.11. The molecular weight excluding hydrogens is 238 g/mol. The standard InChI is InChI=1S/C7H8ClNO2.3C2H6/c1-4-2-5(3-10)9-7(8)6(4)11;3*1-2/h2,10-11H,3H2,1H3;3*1-2H3. The molecule has 0 aromatic carbocycles. The molecule has 0 spiro atoms. The van der Waals surface area contributed by atoms with Gasteiger partial charge in [-0.05, 0) is 18.6 Å². The third-order valence-corrected chi connectivity index (χ3v) is 1.62. The van der Waals surface area contributed by atoms with Gasteiger partial charge in [0.1, 0.15) is 0 Å². The Hall–Kier alpha value is -0.800. The van der Waals surface area contributed by atoms with E-state index in [0.717, 1.165) is 0 Å². The third-order valence-electron chi connectivity index (χ3n) is 1.36. The molecule has 3 nitrogen and oxygen atoms in total. The summed E-state index contributed by atoms with van der Waals surface area (Å²) in [7, 11) is 0. The molecule has 4 heteroatoms. The highest BCUT2D eigenvalue weighted by molar-refractivity contribution is 6.30. The first-order valence-corrected chi connectivity index (χ1v) is 6.48. The number of rotatable bonds is 1. The third kappa shape index (κ3) is 8.95. The molecule has 0 aliphatic carbocycles. The zero-order chi connectivity index (χ0) is 14.4. The van der Waals surface area contributed by atoms with Gasteiger partial charge in [-0.15, -0.1) is 0 Å². The van der Waals surface area contributed by atoms with Crippen molar-refractivity contribution in [3.05, 3.63) is 22.5 Å². The van der Waals surface area contributed by atoms with Crippen LogP contribution in [0.4, 0.5) is 0 Å². The number of aromatic hydroxyl groups is 1. The lowest BCUT2D eigenvalue weighted by atomic mass is 10.2. The van der Waals surface area contributed by atoms with Crippen LogP contribution >= 0.6 is 11.6 Å². The normalized spacial score (nSPS) is 7.59. The smallest absolute Gasteiger partial charge is 0.171 e. The number of nitrogens with zero attached hydrogens (tertiary/aromatic N) is 1. The monoisotopic (exact) mass is 263 g/mol. The van der Waals surface area contributed by atoms with Crippen molar-refractivity contribution in [1.82, 2.24) is 4.98 Å². The van der Waals surface area contributed by atoms with Crippen molar-refractivity contribution in [1.29, 1.82) is 0 Å². The van der Waals surface area contributed by atoms with Crippen LogP contribution in [-0.2, 0) is 6.61 Å². The first kappa shape index (κ1) is 21.5. The number of aliphatic hydroxyl groups excluding tert-OH is 1. The molecule has 0 saturated carbocycles. The van der Waals surface area contributed by atoms with E-state index in [1.165, 1.54) is 0 Å². The molecule has 0 saturated heterocycles. The van der Waals surface area contributed by atoms with E-state index in [1.807, 2.05) is 41.5 Å². The van der Waals surface area contributed by atoms with E-state index in [-0.39, 0.29) is 17.5 Å². The van der Waals surface area contributed by atoms with Crippen LogP contribution in [-0.4, -0.2) is 15.2 Å². The fraction of sp³-hybridized carbons (Fsp3) is 0.615. The van der Waals surface area contributed by atoms with E-state index in [2.05, 4.69) is 4.98 Å². The number of hydrogen-bond donors (Lipinski definition) is 2. The van der Waals surface area contributed by atoms with Gasteiger partial charge < -0.3 is 10.2 Å². The number of aromatic nitrogens is 1. The fourth-order valence-electron chi connectivity index (χ4n) is 0.773. The van der Waals surface area contributed by atoms with Gasteiger partial charge in [0.25, 0.3) is 0 Å². The van der Waals surface area contributed by atoms with Gasteiger partial charge in [-0.2, -0.15) is 0 Å². The van der Waals surface area contributed by atoms with Gasteiger partial charge >= 0.3 is 0 Å². The van der Waals surface area contributed by atoms with Crippen molar-refractivity contribution in [3.63, 3.8) is 0 Å². The largest absolute Gasteiger partial charge is 0.505 e. The second-order valence-corrected chi connectivity index (χ2v) is 2.59. The van der Waals surface area contributed by atoms with Crippen molar-refractivity contribution in [2.75, 3.05) is 0 Å². The predicted octanol–water partition coefficient (Wildman–Crippen LogP) is 4.32. The Bertz CT molecular complexity index is 255. The van der Waals surface area contributed by atoms with E-state index >= 15 is 0 Å². The van der Waals surface area contributed by atoms with Gasteiger partial charge in [0.05, 0.1) is 12.3 Å². The molecule has 0 aliphatic rings. The Labute approximate surface area is 110 Å². The van der Waals surface area contributed by atoms with E-state index in [4.69, 9.17) is 21.8 Å². The summed E-state index contributed by atoms with van der Waals surface area (Å²) in [6, 6.07) is 1.58. The van der Waals surface area contributed by atoms with E-state index < -0.39 is 0 Å². The summed E-state index contributed by atoms with van der Waals surface area (Å²) >= 11 is 5.53. The summed E-state index contributed by atoms with van der Waals surface area (Å²) in [6.07, 6.45) is 0. The molecule has 0 radical (unpaired) electrons. The zero-order valence-corrected chi connectivity index (χ0v) is 12.8. The van der Waals surface area contributed by atoms with Crippen molar-refractivity contribution < 1.29 is 10.2 Å². The maximum absolute atomic E-state index is 9.15. The predicted molar refractivity (Wildman–Crippen MR) is 75.6 cm³/mol. The molecule has 0 fully saturated rings. The van der Waals surface area contributed by atoms with Gasteiger partial charge in [0.2, 0.25) is 0 Å². The second-order valence-electron chi connectivity index (χ2n) is 2.23. The highest BCUT2D eigenvalue weighted by Gasteiger charge is 2.04. The van der Waals surface area contributed by atoms with Crippen LogP contribution in [0.5, 0.6) is 5.75 Å². The maximum Gasteiger partial charge on any atom is 0.171 e. The molecule has 102 valence electrons. The SMILES string of the molecule is CC.CC.CC.Cc1cc(CO)nc(Cl)c1O. The number of aryl methyl sites for hydroxylation is 1. The molecule has 1 aromatic heterocycles. The molecule has 0 unspecified atom stereocenters. The quantitative estimate of drug-likeness (QED) is 0.742. The molecule has 0 bridgehead atoms. The van der Waals surface area contributed by atoms with Gasteiger partial charge in [-0.1, -0.05) is 53.1 Å². The highest BCUT2D eigenvalue weighted by atomic mass is 35.5. The average Bonchev–Trinajstić information content (AvgIpc) is 2.42. The highest BCUT2D eigenvalue weighted by Crippen LogP contribution is 2.24. The molecule has 1 heterocycles. The Morgan fingerprint density at radius 3 is 1.82 bits per heavy atom. The Balaban J connectivity index is -0.000000285. The van der Waals surface area contributed by atoms with Gasteiger partial charge in [-0.3, -0.25) is 0 Å².